The number of nitro groups is 1. The Hall–Kier alpha value is -1.66. The Balaban J connectivity index is 2.08. The molecule has 104 valence electrons. The molecule has 2 rings (SSSR count). The first kappa shape index (κ1) is 13.8. The fraction of sp³-hybridized carbons (Fsp3) is 0.538. The zero-order chi connectivity index (χ0) is 13.7. The number of hydrogen-bond acceptors (Lipinski definition) is 5. The Kier molecular flexibility index (Phi) is 4.70. The molecule has 1 saturated heterocycles. The van der Waals surface area contributed by atoms with E-state index in [-0.39, 0.29) is 17.8 Å². The molecule has 1 heterocycles. The average Bonchev–Trinajstić information content (AvgIpc) is 2.39. The zero-order valence-electron chi connectivity index (χ0n) is 10.7. The topological polar surface area (TPSA) is 87.6 Å². The van der Waals surface area contributed by atoms with Crippen LogP contribution in [0.1, 0.15) is 30.9 Å². The van der Waals surface area contributed by atoms with Gasteiger partial charge in [0.2, 0.25) is 6.54 Å². The minimum absolute atomic E-state index is 0.288. The molecule has 1 aromatic rings. The van der Waals surface area contributed by atoms with Gasteiger partial charge >= 0.3 is 0 Å². The smallest absolute Gasteiger partial charge is 0.233 e. The van der Waals surface area contributed by atoms with Crippen molar-refractivity contribution in [1.29, 1.82) is 0 Å². The van der Waals surface area contributed by atoms with Gasteiger partial charge in [0, 0.05) is 17.2 Å². The van der Waals surface area contributed by atoms with Crippen LogP contribution in [-0.4, -0.2) is 24.4 Å². The van der Waals surface area contributed by atoms with Crippen molar-refractivity contribution in [3.63, 3.8) is 0 Å². The fourth-order valence-corrected chi connectivity index (χ4v) is 2.12. The van der Waals surface area contributed by atoms with Gasteiger partial charge in [0.15, 0.2) is 12.4 Å². The Morgan fingerprint density at radius 1 is 1.53 bits per heavy atom. The summed E-state index contributed by atoms with van der Waals surface area (Å²) in [4.78, 5) is 10.4. The minimum Gasteiger partial charge on any atom is -0.399 e. The largest absolute Gasteiger partial charge is 0.399 e. The number of hydrogen-bond donors (Lipinski definition) is 1. The summed E-state index contributed by atoms with van der Waals surface area (Å²) in [6, 6.07) is 7.00. The highest BCUT2D eigenvalue weighted by Gasteiger charge is 2.25. The Morgan fingerprint density at radius 2 is 2.37 bits per heavy atom. The molecule has 0 bridgehead atoms. The van der Waals surface area contributed by atoms with Gasteiger partial charge in [0.25, 0.3) is 0 Å². The van der Waals surface area contributed by atoms with Gasteiger partial charge in [0.05, 0.1) is 0 Å². The summed E-state index contributed by atoms with van der Waals surface area (Å²) in [5.74, 6) is 0. The van der Waals surface area contributed by atoms with E-state index in [4.69, 9.17) is 15.2 Å². The highest BCUT2D eigenvalue weighted by Crippen LogP contribution is 2.25. The van der Waals surface area contributed by atoms with E-state index in [2.05, 4.69) is 0 Å². The van der Waals surface area contributed by atoms with Crippen LogP contribution in [0.5, 0.6) is 0 Å². The molecule has 1 aromatic carbocycles. The highest BCUT2D eigenvalue weighted by atomic mass is 16.7. The number of benzene rings is 1. The van der Waals surface area contributed by atoms with Gasteiger partial charge in [-0.05, 0) is 37.0 Å². The molecule has 0 unspecified atom stereocenters. The molecule has 0 amide bonds. The number of nitrogens with zero attached hydrogens (tertiary/aromatic N) is 1. The molecule has 0 aliphatic carbocycles. The molecule has 1 aliphatic rings. The number of anilines is 1. The summed E-state index contributed by atoms with van der Waals surface area (Å²) >= 11 is 0. The van der Waals surface area contributed by atoms with E-state index < -0.39 is 6.10 Å². The van der Waals surface area contributed by atoms with Gasteiger partial charge in [-0.15, -0.1) is 0 Å². The van der Waals surface area contributed by atoms with Crippen LogP contribution in [0.15, 0.2) is 24.3 Å². The molecule has 0 radical (unpaired) electrons. The molecule has 0 aromatic heterocycles. The van der Waals surface area contributed by atoms with E-state index in [1.54, 1.807) is 24.3 Å². The quantitative estimate of drug-likeness (QED) is 0.501. The van der Waals surface area contributed by atoms with Crippen molar-refractivity contribution in [2.24, 2.45) is 0 Å². The predicted octanol–water partition coefficient (Wildman–Crippen LogP) is 2.13. The van der Waals surface area contributed by atoms with Crippen molar-refractivity contribution in [1.82, 2.24) is 0 Å². The average molecular weight is 266 g/mol. The Bertz CT molecular complexity index is 432. The standard InChI is InChI=1S/C13H18N2O4/c14-11-5-3-4-10(8-11)12(9-15(16)17)19-13-6-1-2-7-18-13/h3-5,8,12-13H,1-2,6-7,9,14H2/t12-,13-/m1/s1. The first-order chi connectivity index (χ1) is 9.15. The van der Waals surface area contributed by atoms with Crippen molar-refractivity contribution < 1.29 is 14.4 Å². The molecular weight excluding hydrogens is 248 g/mol. The second kappa shape index (κ2) is 6.49. The third-order valence-corrected chi connectivity index (χ3v) is 3.05. The number of nitrogens with two attached hydrogens (primary N) is 1. The lowest BCUT2D eigenvalue weighted by Gasteiger charge is -2.26. The van der Waals surface area contributed by atoms with Crippen molar-refractivity contribution in [2.45, 2.75) is 31.7 Å². The van der Waals surface area contributed by atoms with Crippen LogP contribution in [0.3, 0.4) is 0 Å². The van der Waals surface area contributed by atoms with Crippen molar-refractivity contribution >= 4 is 5.69 Å². The van der Waals surface area contributed by atoms with Crippen LogP contribution in [0, 0.1) is 10.1 Å². The maximum Gasteiger partial charge on any atom is 0.233 e. The SMILES string of the molecule is Nc1cccc([C@@H](C[N+](=O)[O-])O[C@@H]2CCCCO2)c1. The number of ether oxygens (including phenoxy) is 2. The lowest BCUT2D eigenvalue weighted by atomic mass is 10.1. The third kappa shape index (κ3) is 4.18. The monoisotopic (exact) mass is 266 g/mol. The van der Waals surface area contributed by atoms with Crippen molar-refractivity contribution in [3.8, 4) is 0 Å². The zero-order valence-corrected chi connectivity index (χ0v) is 10.7. The summed E-state index contributed by atoms with van der Waals surface area (Å²) in [6.07, 6.45) is 1.82. The van der Waals surface area contributed by atoms with E-state index in [1.807, 2.05) is 0 Å². The first-order valence-corrected chi connectivity index (χ1v) is 6.39. The van der Waals surface area contributed by atoms with E-state index in [1.165, 1.54) is 0 Å². The fourth-order valence-electron chi connectivity index (χ4n) is 2.12. The minimum atomic E-state index is -0.624. The summed E-state index contributed by atoms with van der Waals surface area (Å²) in [5, 5.41) is 10.8. The summed E-state index contributed by atoms with van der Waals surface area (Å²) in [7, 11) is 0. The summed E-state index contributed by atoms with van der Waals surface area (Å²) in [6.45, 7) is 0.357. The third-order valence-electron chi connectivity index (χ3n) is 3.05. The van der Waals surface area contributed by atoms with Crippen molar-refractivity contribution in [3.05, 3.63) is 39.9 Å². The van der Waals surface area contributed by atoms with Gasteiger partial charge in [-0.25, -0.2) is 0 Å². The molecule has 6 heteroatoms. The molecule has 0 saturated carbocycles. The van der Waals surface area contributed by atoms with Crippen LogP contribution in [0.25, 0.3) is 0 Å². The molecule has 19 heavy (non-hydrogen) atoms. The maximum absolute atomic E-state index is 10.8. The number of rotatable bonds is 5. The Labute approximate surface area is 111 Å². The van der Waals surface area contributed by atoms with Crippen LogP contribution < -0.4 is 5.73 Å². The first-order valence-electron chi connectivity index (χ1n) is 6.39. The van der Waals surface area contributed by atoms with Crippen LogP contribution >= 0.6 is 0 Å². The molecule has 2 atom stereocenters. The van der Waals surface area contributed by atoms with Crippen LogP contribution in [0.2, 0.25) is 0 Å². The van der Waals surface area contributed by atoms with E-state index in [0.29, 0.717) is 17.9 Å². The summed E-state index contributed by atoms with van der Waals surface area (Å²) in [5.41, 5.74) is 6.99. The van der Waals surface area contributed by atoms with Gasteiger partial charge in [-0.2, -0.15) is 0 Å². The molecule has 6 nitrogen and oxygen atoms in total. The maximum atomic E-state index is 10.8. The lowest BCUT2D eigenvalue weighted by molar-refractivity contribution is -0.495. The molecule has 0 spiro atoms. The van der Waals surface area contributed by atoms with Gasteiger partial charge < -0.3 is 15.2 Å². The van der Waals surface area contributed by atoms with Crippen molar-refractivity contribution in [2.75, 3.05) is 18.9 Å². The summed E-state index contributed by atoms with van der Waals surface area (Å²) < 4.78 is 11.2. The molecular formula is C13H18N2O4. The van der Waals surface area contributed by atoms with Gasteiger partial charge in [-0.3, -0.25) is 10.1 Å². The second-order valence-corrected chi connectivity index (χ2v) is 4.61. The van der Waals surface area contributed by atoms with E-state index in [0.717, 1.165) is 19.3 Å². The second-order valence-electron chi connectivity index (χ2n) is 4.61. The van der Waals surface area contributed by atoms with E-state index >= 15 is 0 Å². The van der Waals surface area contributed by atoms with Crippen LogP contribution in [-0.2, 0) is 9.47 Å². The number of nitrogen functional groups attached to an aromatic ring is 1. The van der Waals surface area contributed by atoms with Gasteiger partial charge in [-0.1, -0.05) is 12.1 Å². The molecule has 2 N–H and O–H groups in total. The highest BCUT2D eigenvalue weighted by molar-refractivity contribution is 5.41. The Morgan fingerprint density at radius 3 is 3.00 bits per heavy atom. The molecule has 1 fully saturated rings. The lowest BCUT2D eigenvalue weighted by Crippen LogP contribution is -2.27. The normalized spacial score (nSPS) is 20.9. The molecule has 1 aliphatic heterocycles. The van der Waals surface area contributed by atoms with Crippen LogP contribution in [0.4, 0.5) is 5.69 Å². The predicted molar refractivity (Wildman–Crippen MR) is 70.1 cm³/mol. The van der Waals surface area contributed by atoms with Gasteiger partial charge in [0.1, 0.15) is 0 Å². The van der Waals surface area contributed by atoms with E-state index in [9.17, 15) is 10.1 Å².